The zero-order chi connectivity index (χ0) is 16.7. The van der Waals surface area contributed by atoms with Crippen LogP contribution in [0.2, 0.25) is 0 Å². The number of Topliss-reactive ketones (excluding diaryl/α,β-unsaturated/α-hetero) is 1. The summed E-state index contributed by atoms with van der Waals surface area (Å²) in [4.78, 5) is 23.1. The molecule has 5 heteroatoms. The van der Waals surface area contributed by atoms with Crippen LogP contribution >= 0.6 is 0 Å². The number of anilines is 2. The Kier molecular flexibility index (Phi) is 5.74. The first-order valence-electron chi connectivity index (χ1n) is 7.46. The largest absolute Gasteiger partial charge is 0.494 e. The van der Waals surface area contributed by atoms with Gasteiger partial charge in [-0.2, -0.15) is 0 Å². The van der Waals surface area contributed by atoms with Gasteiger partial charge in [0.25, 0.3) is 0 Å². The maximum absolute atomic E-state index is 11.9. The van der Waals surface area contributed by atoms with Gasteiger partial charge in [-0.25, -0.2) is 0 Å². The number of carbonyl (C=O) groups excluding carboxylic acids is 2. The maximum atomic E-state index is 11.9. The molecule has 5 nitrogen and oxygen atoms in total. The number of amides is 1. The lowest BCUT2D eigenvalue weighted by atomic mass is 10.1. The van der Waals surface area contributed by atoms with Crippen molar-refractivity contribution >= 4 is 23.1 Å². The average molecular weight is 312 g/mol. The molecule has 2 aromatic carbocycles. The number of hydrogen-bond acceptors (Lipinski definition) is 4. The molecule has 0 radical (unpaired) electrons. The average Bonchev–Trinajstić information content (AvgIpc) is 2.55. The van der Waals surface area contributed by atoms with E-state index >= 15 is 0 Å². The molecule has 2 aromatic rings. The van der Waals surface area contributed by atoms with Crippen molar-refractivity contribution < 1.29 is 14.3 Å². The van der Waals surface area contributed by atoms with Gasteiger partial charge in [-0.15, -0.1) is 0 Å². The van der Waals surface area contributed by atoms with E-state index in [1.165, 1.54) is 6.92 Å². The first kappa shape index (κ1) is 16.5. The SMILES string of the molecule is CCOc1ccc(NC(=O)CNc2ccc(C(C)=O)cc2)cc1. The summed E-state index contributed by atoms with van der Waals surface area (Å²) in [5, 5.41) is 5.81. The van der Waals surface area contributed by atoms with Gasteiger partial charge in [0.15, 0.2) is 5.78 Å². The molecule has 0 spiro atoms. The molecule has 23 heavy (non-hydrogen) atoms. The molecule has 0 heterocycles. The summed E-state index contributed by atoms with van der Waals surface area (Å²) in [6.07, 6.45) is 0. The second-order valence-corrected chi connectivity index (χ2v) is 4.99. The van der Waals surface area contributed by atoms with E-state index in [1.54, 1.807) is 36.4 Å². The minimum absolute atomic E-state index is 0.0183. The number of ether oxygens (including phenoxy) is 1. The van der Waals surface area contributed by atoms with Crippen LogP contribution in [0, 0.1) is 0 Å². The Labute approximate surface area is 135 Å². The zero-order valence-electron chi connectivity index (χ0n) is 13.3. The van der Waals surface area contributed by atoms with Crippen LogP contribution in [-0.2, 0) is 4.79 Å². The van der Waals surface area contributed by atoms with Gasteiger partial charge in [0.2, 0.25) is 5.91 Å². The van der Waals surface area contributed by atoms with Crippen LogP contribution in [-0.4, -0.2) is 24.8 Å². The van der Waals surface area contributed by atoms with Gasteiger partial charge in [-0.1, -0.05) is 0 Å². The molecule has 0 saturated carbocycles. The Morgan fingerprint density at radius 2 is 1.57 bits per heavy atom. The Morgan fingerprint density at radius 3 is 2.13 bits per heavy atom. The van der Waals surface area contributed by atoms with Crippen molar-refractivity contribution in [1.82, 2.24) is 0 Å². The van der Waals surface area contributed by atoms with E-state index in [4.69, 9.17) is 4.74 Å². The molecule has 1 amide bonds. The Hall–Kier alpha value is -2.82. The van der Waals surface area contributed by atoms with E-state index in [-0.39, 0.29) is 18.2 Å². The summed E-state index contributed by atoms with van der Waals surface area (Å²) in [6.45, 7) is 4.20. The Morgan fingerprint density at radius 1 is 0.957 bits per heavy atom. The fourth-order valence-electron chi connectivity index (χ4n) is 2.01. The van der Waals surface area contributed by atoms with Gasteiger partial charge in [0.05, 0.1) is 13.2 Å². The van der Waals surface area contributed by atoms with Crippen LogP contribution in [0.4, 0.5) is 11.4 Å². The highest BCUT2D eigenvalue weighted by Crippen LogP contribution is 2.15. The standard InChI is InChI=1S/C18H20N2O3/c1-3-23-17-10-8-16(9-11-17)20-18(22)12-19-15-6-4-14(5-7-15)13(2)21/h4-11,19H,3,12H2,1-2H3,(H,20,22). The third kappa shape index (κ3) is 5.14. The van der Waals surface area contributed by atoms with Crippen molar-refractivity contribution in [2.45, 2.75) is 13.8 Å². The van der Waals surface area contributed by atoms with Crippen molar-refractivity contribution in [3.05, 3.63) is 54.1 Å². The second kappa shape index (κ2) is 7.98. The van der Waals surface area contributed by atoms with E-state index in [2.05, 4.69) is 10.6 Å². The monoisotopic (exact) mass is 312 g/mol. The zero-order valence-corrected chi connectivity index (χ0v) is 13.3. The van der Waals surface area contributed by atoms with Crippen LogP contribution in [0.5, 0.6) is 5.75 Å². The van der Waals surface area contributed by atoms with Crippen LogP contribution in [0.25, 0.3) is 0 Å². The number of ketones is 1. The molecule has 0 aliphatic carbocycles. The lowest BCUT2D eigenvalue weighted by Gasteiger charge is -2.09. The number of benzene rings is 2. The number of rotatable bonds is 7. The summed E-state index contributed by atoms with van der Waals surface area (Å²) >= 11 is 0. The predicted molar refractivity (Wildman–Crippen MR) is 91.2 cm³/mol. The van der Waals surface area contributed by atoms with Gasteiger partial charge >= 0.3 is 0 Å². The van der Waals surface area contributed by atoms with Gasteiger partial charge in [0.1, 0.15) is 5.75 Å². The molecule has 0 aliphatic heterocycles. The summed E-state index contributed by atoms with van der Waals surface area (Å²) < 4.78 is 5.35. The fraction of sp³-hybridized carbons (Fsp3) is 0.222. The number of carbonyl (C=O) groups is 2. The lowest BCUT2D eigenvalue weighted by Crippen LogP contribution is -2.21. The van der Waals surface area contributed by atoms with Crippen molar-refractivity contribution in [3.63, 3.8) is 0 Å². The third-order valence-electron chi connectivity index (χ3n) is 3.19. The Bertz CT molecular complexity index is 664. The van der Waals surface area contributed by atoms with E-state index in [0.29, 0.717) is 17.9 Å². The summed E-state index contributed by atoms with van der Waals surface area (Å²) in [5.41, 5.74) is 2.15. The van der Waals surface area contributed by atoms with E-state index in [9.17, 15) is 9.59 Å². The highest BCUT2D eigenvalue weighted by Gasteiger charge is 2.04. The summed E-state index contributed by atoms with van der Waals surface area (Å²) in [7, 11) is 0. The highest BCUT2D eigenvalue weighted by molar-refractivity contribution is 5.95. The van der Waals surface area contributed by atoms with Crippen LogP contribution in [0.1, 0.15) is 24.2 Å². The number of nitrogens with one attached hydrogen (secondary N) is 2. The molecular formula is C18H20N2O3. The molecule has 0 unspecified atom stereocenters. The second-order valence-electron chi connectivity index (χ2n) is 4.99. The quantitative estimate of drug-likeness (QED) is 0.770. The van der Waals surface area contributed by atoms with Crippen molar-refractivity contribution in [1.29, 1.82) is 0 Å². The minimum atomic E-state index is -0.148. The molecule has 0 aliphatic rings. The molecular weight excluding hydrogens is 292 g/mol. The van der Waals surface area contributed by atoms with Gasteiger partial charge in [-0.05, 0) is 62.4 Å². The summed E-state index contributed by atoms with van der Waals surface area (Å²) in [6, 6.07) is 14.2. The molecule has 0 fully saturated rings. The van der Waals surface area contributed by atoms with Crippen molar-refractivity contribution in [3.8, 4) is 5.75 Å². The summed E-state index contributed by atoms with van der Waals surface area (Å²) in [5.74, 6) is 0.642. The maximum Gasteiger partial charge on any atom is 0.243 e. The normalized spacial score (nSPS) is 10.0. The molecule has 0 bridgehead atoms. The van der Waals surface area contributed by atoms with Crippen molar-refractivity contribution in [2.75, 3.05) is 23.8 Å². The molecule has 2 rings (SSSR count). The highest BCUT2D eigenvalue weighted by atomic mass is 16.5. The molecule has 0 saturated heterocycles. The molecule has 0 aromatic heterocycles. The van der Waals surface area contributed by atoms with Crippen molar-refractivity contribution in [2.24, 2.45) is 0 Å². The molecule has 2 N–H and O–H groups in total. The lowest BCUT2D eigenvalue weighted by molar-refractivity contribution is -0.114. The van der Waals surface area contributed by atoms with E-state index in [1.807, 2.05) is 19.1 Å². The first-order chi connectivity index (χ1) is 11.1. The van der Waals surface area contributed by atoms with Crippen LogP contribution in [0.3, 0.4) is 0 Å². The van der Waals surface area contributed by atoms with E-state index in [0.717, 1.165) is 11.4 Å². The van der Waals surface area contributed by atoms with Crippen LogP contribution in [0.15, 0.2) is 48.5 Å². The molecule has 120 valence electrons. The minimum Gasteiger partial charge on any atom is -0.494 e. The predicted octanol–water partition coefficient (Wildman–Crippen LogP) is 3.34. The van der Waals surface area contributed by atoms with Gasteiger partial charge in [-0.3, -0.25) is 9.59 Å². The topological polar surface area (TPSA) is 67.4 Å². The van der Waals surface area contributed by atoms with E-state index < -0.39 is 0 Å². The van der Waals surface area contributed by atoms with Crippen LogP contribution < -0.4 is 15.4 Å². The Balaban J connectivity index is 1.83. The van der Waals surface area contributed by atoms with Gasteiger partial charge < -0.3 is 15.4 Å². The molecule has 0 atom stereocenters. The number of hydrogen-bond donors (Lipinski definition) is 2. The van der Waals surface area contributed by atoms with Gasteiger partial charge in [0, 0.05) is 16.9 Å². The third-order valence-corrected chi connectivity index (χ3v) is 3.19. The fourth-order valence-corrected chi connectivity index (χ4v) is 2.01. The first-order valence-corrected chi connectivity index (χ1v) is 7.46. The smallest absolute Gasteiger partial charge is 0.243 e.